The summed E-state index contributed by atoms with van der Waals surface area (Å²) in [5.74, 6) is 0.0585. The van der Waals surface area contributed by atoms with Gasteiger partial charge in [0.05, 0.1) is 5.56 Å². The first-order chi connectivity index (χ1) is 8.15. The smallest absolute Gasteiger partial charge is 0.250 e. The van der Waals surface area contributed by atoms with Crippen LogP contribution < -0.4 is 16.2 Å². The number of hydrogen-bond acceptors (Lipinski definition) is 4. The predicted molar refractivity (Wildman–Crippen MR) is 63.6 cm³/mol. The van der Waals surface area contributed by atoms with E-state index in [0.29, 0.717) is 17.5 Å². The van der Waals surface area contributed by atoms with Gasteiger partial charge in [-0.05, 0) is 31.7 Å². The number of primary amides is 1. The molecule has 92 valence electrons. The average molecular weight is 235 g/mol. The predicted octanol–water partition coefficient (Wildman–Crippen LogP) is 0.829. The zero-order valence-electron chi connectivity index (χ0n) is 9.63. The molecule has 4 N–H and O–H groups in total. The molecule has 2 rings (SSSR count). The molecule has 1 aliphatic carbocycles. The molecule has 1 fully saturated rings. The highest BCUT2D eigenvalue weighted by atomic mass is 16.5. The Morgan fingerprint density at radius 2 is 2.00 bits per heavy atom. The van der Waals surface area contributed by atoms with Crippen LogP contribution in [0.5, 0.6) is 5.88 Å². The largest absolute Gasteiger partial charge is 0.474 e. The molecule has 0 bridgehead atoms. The lowest BCUT2D eigenvalue weighted by molar-refractivity contribution is 0.0999. The number of rotatable bonds is 3. The Kier molecular flexibility index (Phi) is 3.58. The second-order valence-electron chi connectivity index (χ2n) is 4.40. The maximum Gasteiger partial charge on any atom is 0.250 e. The molecular weight excluding hydrogens is 218 g/mol. The monoisotopic (exact) mass is 235 g/mol. The van der Waals surface area contributed by atoms with Gasteiger partial charge in [-0.2, -0.15) is 0 Å². The zero-order valence-corrected chi connectivity index (χ0v) is 9.63. The molecule has 5 heteroatoms. The van der Waals surface area contributed by atoms with E-state index in [1.165, 1.54) is 6.20 Å². The van der Waals surface area contributed by atoms with Crippen molar-refractivity contribution in [2.24, 2.45) is 11.5 Å². The van der Waals surface area contributed by atoms with Crippen LogP contribution in [0.4, 0.5) is 0 Å². The molecule has 1 aromatic heterocycles. The van der Waals surface area contributed by atoms with Crippen molar-refractivity contribution in [3.05, 3.63) is 23.9 Å². The van der Waals surface area contributed by atoms with Crippen molar-refractivity contribution < 1.29 is 9.53 Å². The van der Waals surface area contributed by atoms with Crippen LogP contribution in [0.1, 0.15) is 36.0 Å². The highest BCUT2D eigenvalue weighted by Gasteiger charge is 2.20. The van der Waals surface area contributed by atoms with E-state index in [9.17, 15) is 4.79 Å². The number of pyridine rings is 1. The number of nitrogens with zero attached hydrogens (tertiary/aromatic N) is 1. The molecule has 1 amide bonds. The normalized spacial score (nSPS) is 24.3. The second-order valence-corrected chi connectivity index (χ2v) is 4.40. The van der Waals surface area contributed by atoms with Crippen molar-refractivity contribution in [2.45, 2.75) is 37.8 Å². The Hall–Kier alpha value is -1.62. The maximum absolute atomic E-state index is 10.9. The zero-order chi connectivity index (χ0) is 12.3. The molecule has 1 saturated carbocycles. The van der Waals surface area contributed by atoms with Crippen molar-refractivity contribution in [1.29, 1.82) is 0 Å². The molecule has 1 heterocycles. The standard InChI is InChI=1S/C12H17N3O2/c13-9-2-4-10(5-3-9)17-11-6-1-8(7-15-11)12(14)16/h1,6-7,9-10H,2-5,13H2,(H2,14,16). The average Bonchev–Trinajstić information content (AvgIpc) is 2.33. The summed E-state index contributed by atoms with van der Waals surface area (Å²) < 4.78 is 5.72. The fraction of sp³-hybridized carbons (Fsp3) is 0.500. The van der Waals surface area contributed by atoms with E-state index in [4.69, 9.17) is 16.2 Å². The Morgan fingerprint density at radius 3 is 2.53 bits per heavy atom. The highest BCUT2D eigenvalue weighted by molar-refractivity contribution is 5.92. The van der Waals surface area contributed by atoms with Crippen LogP contribution in [0.3, 0.4) is 0 Å². The van der Waals surface area contributed by atoms with Gasteiger partial charge in [-0.25, -0.2) is 4.98 Å². The van der Waals surface area contributed by atoms with Crippen LogP contribution in [0.15, 0.2) is 18.3 Å². The Morgan fingerprint density at radius 1 is 1.29 bits per heavy atom. The SMILES string of the molecule is NC(=O)c1ccc(OC2CCC(N)CC2)nc1. The number of hydrogen-bond donors (Lipinski definition) is 2. The van der Waals surface area contributed by atoms with Gasteiger partial charge in [0, 0.05) is 18.3 Å². The molecule has 0 aromatic carbocycles. The van der Waals surface area contributed by atoms with Crippen molar-refractivity contribution in [3.63, 3.8) is 0 Å². The molecule has 17 heavy (non-hydrogen) atoms. The first-order valence-corrected chi connectivity index (χ1v) is 5.83. The molecule has 0 atom stereocenters. The van der Waals surface area contributed by atoms with Crippen LogP contribution >= 0.6 is 0 Å². The summed E-state index contributed by atoms with van der Waals surface area (Å²) in [6, 6.07) is 3.61. The third kappa shape index (κ3) is 3.17. The van der Waals surface area contributed by atoms with Gasteiger partial charge in [0.15, 0.2) is 0 Å². The maximum atomic E-state index is 10.9. The number of carbonyl (C=O) groups excluding carboxylic acids is 1. The first-order valence-electron chi connectivity index (χ1n) is 5.83. The van der Waals surface area contributed by atoms with E-state index in [2.05, 4.69) is 4.98 Å². The molecule has 1 aliphatic rings. The summed E-state index contributed by atoms with van der Waals surface area (Å²) in [6.07, 6.45) is 5.52. The first kappa shape index (κ1) is 11.9. The summed E-state index contributed by atoms with van der Waals surface area (Å²) in [5, 5.41) is 0. The van der Waals surface area contributed by atoms with Crippen LogP contribution in [0.2, 0.25) is 0 Å². The van der Waals surface area contributed by atoms with E-state index in [1.54, 1.807) is 12.1 Å². The van der Waals surface area contributed by atoms with Crippen LogP contribution in [-0.4, -0.2) is 23.0 Å². The van der Waals surface area contributed by atoms with Gasteiger partial charge in [0.25, 0.3) is 0 Å². The molecular formula is C12H17N3O2. The molecule has 0 spiro atoms. The van der Waals surface area contributed by atoms with Gasteiger partial charge in [-0.3, -0.25) is 4.79 Å². The molecule has 0 aliphatic heterocycles. The molecule has 0 saturated heterocycles. The minimum atomic E-state index is -0.479. The fourth-order valence-corrected chi connectivity index (χ4v) is 1.97. The van der Waals surface area contributed by atoms with E-state index >= 15 is 0 Å². The number of aromatic nitrogens is 1. The Labute approximate surface area is 100 Å². The Bertz CT molecular complexity index is 383. The second kappa shape index (κ2) is 5.14. The lowest BCUT2D eigenvalue weighted by Gasteiger charge is -2.26. The Balaban J connectivity index is 1.92. The molecule has 5 nitrogen and oxygen atoms in total. The minimum absolute atomic E-state index is 0.182. The lowest BCUT2D eigenvalue weighted by atomic mass is 9.94. The third-order valence-corrected chi connectivity index (χ3v) is 3.03. The summed E-state index contributed by atoms with van der Waals surface area (Å²) >= 11 is 0. The van der Waals surface area contributed by atoms with E-state index in [1.807, 2.05) is 0 Å². The number of nitrogens with two attached hydrogens (primary N) is 2. The van der Waals surface area contributed by atoms with Gasteiger partial charge in [-0.1, -0.05) is 0 Å². The number of carbonyl (C=O) groups is 1. The van der Waals surface area contributed by atoms with Crippen molar-refractivity contribution >= 4 is 5.91 Å². The molecule has 1 aromatic rings. The quantitative estimate of drug-likeness (QED) is 0.811. The summed E-state index contributed by atoms with van der Waals surface area (Å²) in [5.41, 5.74) is 11.3. The van der Waals surface area contributed by atoms with Gasteiger partial charge >= 0.3 is 0 Å². The summed E-state index contributed by atoms with van der Waals surface area (Å²) in [4.78, 5) is 14.9. The van der Waals surface area contributed by atoms with Gasteiger partial charge < -0.3 is 16.2 Å². The van der Waals surface area contributed by atoms with Crippen LogP contribution in [-0.2, 0) is 0 Å². The topological polar surface area (TPSA) is 91.2 Å². The number of amides is 1. The van der Waals surface area contributed by atoms with Gasteiger partial charge in [0.1, 0.15) is 6.10 Å². The van der Waals surface area contributed by atoms with Gasteiger partial charge in [-0.15, -0.1) is 0 Å². The van der Waals surface area contributed by atoms with E-state index in [-0.39, 0.29) is 6.10 Å². The van der Waals surface area contributed by atoms with Crippen molar-refractivity contribution in [3.8, 4) is 5.88 Å². The molecule has 0 unspecified atom stereocenters. The fourth-order valence-electron chi connectivity index (χ4n) is 1.97. The third-order valence-electron chi connectivity index (χ3n) is 3.03. The van der Waals surface area contributed by atoms with Crippen LogP contribution in [0.25, 0.3) is 0 Å². The van der Waals surface area contributed by atoms with Gasteiger partial charge in [0.2, 0.25) is 11.8 Å². The minimum Gasteiger partial charge on any atom is -0.474 e. The van der Waals surface area contributed by atoms with Crippen LogP contribution in [0, 0.1) is 0 Å². The summed E-state index contributed by atoms with van der Waals surface area (Å²) in [7, 11) is 0. The van der Waals surface area contributed by atoms with E-state index < -0.39 is 5.91 Å². The number of ether oxygens (including phenoxy) is 1. The lowest BCUT2D eigenvalue weighted by Crippen LogP contribution is -2.31. The van der Waals surface area contributed by atoms with Crippen molar-refractivity contribution in [1.82, 2.24) is 4.98 Å². The van der Waals surface area contributed by atoms with E-state index in [0.717, 1.165) is 25.7 Å². The van der Waals surface area contributed by atoms with Crippen molar-refractivity contribution in [2.75, 3.05) is 0 Å². The molecule has 0 radical (unpaired) electrons. The highest BCUT2D eigenvalue weighted by Crippen LogP contribution is 2.21. The summed E-state index contributed by atoms with van der Waals surface area (Å²) in [6.45, 7) is 0.